The molecule has 0 aliphatic carbocycles. The van der Waals surface area contributed by atoms with Gasteiger partial charge in [-0.1, -0.05) is 35.0 Å². The zero-order valence-electron chi connectivity index (χ0n) is 11.3. The van der Waals surface area contributed by atoms with Crippen molar-refractivity contribution >= 4 is 27.3 Å². The SMILES string of the molecule is CCCNC(Cc1cncs1)c1ccc(C)cc1Br. The Bertz CT molecular complexity index is 511. The average molecular weight is 339 g/mol. The first-order chi connectivity index (χ1) is 9.20. The number of rotatable bonds is 6. The standard InChI is InChI=1S/C15H19BrN2S/c1-3-6-18-15(8-12-9-17-10-19-12)13-5-4-11(2)7-14(13)16/h4-5,7,9-10,15,18H,3,6,8H2,1-2H3. The molecule has 19 heavy (non-hydrogen) atoms. The molecule has 0 bridgehead atoms. The number of hydrogen-bond donors (Lipinski definition) is 1. The molecule has 0 fully saturated rings. The summed E-state index contributed by atoms with van der Waals surface area (Å²) in [7, 11) is 0. The maximum absolute atomic E-state index is 4.16. The summed E-state index contributed by atoms with van der Waals surface area (Å²) in [6.07, 6.45) is 4.10. The van der Waals surface area contributed by atoms with Gasteiger partial charge in [0.05, 0.1) is 5.51 Å². The third-order valence-electron chi connectivity index (χ3n) is 3.06. The summed E-state index contributed by atoms with van der Waals surface area (Å²) in [4.78, 5) is 5.49. The zero-order valence-corrected chi connectivity index (χ0v) is 13.7. The number of benzene rings is 1. The predicted octanol–water partition coefficient (Wildman–Crippen LogP) is 4.50. The summed E-state index contributed by atoms with van der Waals surface area (Å²) in [5, 5.41) is 3.63. The minimum atomic E-state index is 0.343. The number of nitrogens with zero attached hydrogens (tertiary/aromatic N) is 1. The molecule has 1 aromatic carbocycles. The summed E-state index contributed by atoms with van der Waals surface area (Å²) in [6, 6.07) is 6.92. The first-order valence-electron chi connectivity index (χ1n) is 6.57. The van der Waals surface area contributed by atoms with Gasteiger partial charge in [-0.05, 0) is 37.1 Å². The molecule has 1 atom stereocenters. The van der Waals surface area contributed by atoms with E-state index in [0.29, 0.717) is 6.04 Å². The predicted molar refractivity (Wildman–Crippen MR) is 85.7 cm³/mol. The molecule has 0 amide bonds. The molecule has 0 saturated carbocycles. The molecule has 1 aromatic heterocycles. The molecule has 2 nitrogen and oxygen atoms in total. The Morgan fingerprint density at radius 2 is 2.26 bits per heavy atom. The molecule has 0 saturated heterocycles. The Morgan fingerprint density at radius 3 is 2.89 bits per heavy atom. The first kappa shape index (κ1) is 14.7. The van der Waals surface area contributed by atoms with Gasteiger partial charge in [-0.2, -0.15) is 0 Å². The molecular formula is C15H19BrN2S. The van der Waals surface area contributed by atoms with Gasteiger partial charge in [0.1, 0.15) is 0 Å². The lowest BCUT2D eigenvalue weighted by molar-refractivity contribution is 0.530. The smallest absolute Gasteiger partial charge is 0.0794 e. The van der Waals surface area contributed by atoms with Crippen molar-refractivity contribution in [1.29, 1.82) is 0 Å². The van der Waals surface area contributed by atoms with Crippen molar-refractivity contribution in [2.75, 3.05) is 6.54 Å². The van der Waals surface area contributed by atoms with Crippen molar-refractivity contribution in [3.8, 4) is 0 Å². The topological polar surface area (TPSA) is 24.9 Å². The van der Waals surface area contributed by atoms with Crippen LogP contribution < -0.4 is 5.32 Å². The van der Waals surface area contributed by atoms with Crippen LogP contribution in [0.1, 0.15) is 35.4 Å². The van der Waals surface area contributed by atoms with E-state index in [-0.39, 0.29) is 0 Å². The Labute approximate surface area is 127 Å². The van der Waals surface area contributed by atoms with Crippen LogP contribution >= 0.6 is 27.3 Å². The molecule has 1 heterocycles. The molecule has 2 rings (SSSR count). The van der Waals surface area contributed by atoms with Crippen LogP contribution in [0.5, 0.6) is 0 Å². The van der Waals surface area contributed by atoms with Crippen molar-refractivity contribution in [3.63, 3.8) is 0 Å². The van der Waals surface area contributed by atoms with Crippen molar-refractivity contribution in [1.82, 2.24) is 10.3 Å². The third-order valence-corrected chi connectivity index (χ3v) is 4.55. The van der Waals surface area contributed by atoms with Crippen LogP contribution in [-0.4, -0.2) is 11.5 Å². The highest BCUT2D eigenvalue weighted by atomic mass is 79.9. The van der Waals surface area contributed by atoms with Gasteiger partial charge in [-0.3, -0.25) is 4.98 Å². The molecule has 0 aliphatic rings. The molecule has 4 heteroatoms. The Balaban J connectivity index is 2.20. The zero-order chi connectivity index (χ0) is 13.7. The average Bonchev–Trinajstić information content (AvgIpc) is 2.88. The van der Waals surface area contributed by atoms with E-state index in [1.165, 1.54) is 20.5 Å². The Kier molecular flexibility index (Phi) is 5.55. The van der Waals surface area contributed by atoms with Crippen LogP contribution in [0.15, 0.2) is 34.4 Å². The van der Waals surface area contributed by atoms with Crippen LogP contribution in [0, 0.1) is 6.92 Å². The maximum atomic E-state index is 4.16. The van der Waals surface area contributed by atoms with Gasteiger partial charge < -0.3 is 5.32 Å². The minimum Gasteiger partial charge on any atom is -0.310 e. The third kappa shape index (κ3) is 4.13. The molecule has 0 aliphatic heterocycles. The summed E-state index contributed by atoms with van der Waals surface area (Å²) >= 11 is 5.41. The van der Waals surface area contributed by atoms with Gasteiger partial charge in [0, 0.05) is 28.0 Å². The van der Waals surface area contributed by atoms with Crippen molar-refractivity contribution in [2.45, 2.75) is 32.7 Å². The normalized spacial score (nSPS) is 12.6. The number of nitrogens with one attached hydrogen (secondary N) is 1. The van der Waals surface area contributed by atoms with E-state index >= 15 is 0 Å². The fraction of sp³-hybridized carbons (Fsp3) is 0.400. The molecule has 1 unspecified atom stereocenters. The van der Waals surface area contributed by atoms with Crippen molar-refractivity contribution < 1.29 is 0 Å². The van der Waals surface area contributed by atoms with Gasteiger partial charge in [0.25, 0.3) is 0 Å². The van der Waals surface area contributed by atoms with E-state index in [1.54, 1.807) is 11.3 Å². The van der Waals surface area contributed by atoms with E-state index in [4.69, 9.17) is 0 Å². The summed E-state index contributed by atoms with van der Waals surface area (Å²) < 4.78 is 1.19. The highest BCUT2D eigenvalue weighted by molar-refractivity contribution is 9.10. The molecular weight excluding hydrogens is 320 g/mol. The molecule has 1 N–H and O–H groups in total. The lowest BCUT2D eigenvalue weighted by Crippen LogP contribution is -2.24. The highest BCUT2D eigenvalue weighted by Crippen LogP contribution is 2.28. The van der Waals surface area contributed by atoms with E-state index in [9.17, 15) is 0 Å². The Morgan fingerprint density at radius 1 is 1.42 bits per heavy atom. The van der Waals surface area contributed by atoms with Gasteiger partial charge in [-0.25, -0.2) is 0 Å². The molecule has 0 radical (unpaired) electrons. The lowest BCUT2D eigenvalue weighted by Gasteiger charge is -2.20. The number of hydrogen-bond acceptors (Lipinski definition) is 3. The van der Waals surface area contributed by atoms with E-state index in [2.05, 4.69) is 58.3 Å². The summed E-state index contributed by atoms with van der Waals surface area (Å²) in [5.74, 6) is 0. The second-order valence-corrected chi connectivity index (χ2v) is 6.53. The van der Waals surface area contributed by atoms with E-state index in [1.807, 2.05) is 11.7 Å². The van der Waals surface area contributed by atoms with Crippen LogP contribution in [-0.2, 0) is 6.42 Å². The molecule has 2 aromatic rings. The second kappa shape index (κ2) is 7.17. The highest BCUT2D eigenvalue weighted by Gasteiger charge is 2.15. The van der Waals surface area contributed by atoms with Gasteiger partial charge in [0.2, 0.25) is 0 Å². The van der Waals surface area contributed by atoms with Crippen LogP contribution in [0.25, 0.3) is 0 Å². The Hall–Kier alpha value is -0.710. The molecule has 0 spiro atoms. The monoisotopic (exact) mass is 338 g/mol. The van der Waals surface area contributed by atoms with Crippen molar-refractivity contribution in [3.05, 3.63) is 50.4 Å². The fourth-order valence-electron chi connectivity index (χ4n) is 2.07. The summed E-state index contributed by atoms with van der Waals surface area (Å²) in [5.41, 5.74) is 4.51. The minimum absolute atomic E-state index is 0.343. The number of aromatic nitrogens is 1. The number of thiazole rings is 1. The maximum Gasteiger partial charge on any atom is 0.0794 e. The van der Waals surface area contributed by atoms with Gasteiger partial charge in [0.15, 0.2) is 0 Å². The lowest BCUT2D eigenvalue weighted by atomic mass is 10.0. The molecule has 102 valence electrons. The van der Waals surface area contributed by atoms with Gasteiger partial charge >= 0.3 is 0 Å². The van der Waals surface area contributed by atoms with Crippen LogP contribution in [0.2, 0.25) is 0 Å². The fourth-order valence-corrected chi connectivity index (χ4v) is 3.48. The second-order valence-electron chi connectivity index (χ2n) is 4.70. The number of halogens is 1. The van der Waals surface area contributed by atoms with Crippen LogP contribution in [0.3, 0.4) is 0 Å². The quantitative estimate of drug-likeness (QED) is 0.838. The largest absolute Gasteiger partial charge is 0.310 e. The first-order valence-corrected chi connectivity index (χ1v) is 8.24. The van der Waals surface area contributed by atoms with Crippen LogP contribution in [0.4, 0.5) is 0 Å². The van der Waals surface area contributed by atoms with E-state index < -0.39 is 0 Å². The number of aryl methyl sites for hydroxylation is 1. The van der Waals surface area contributed by atoms with Gasteiger partial charge in [-0.15, -0.1) is 11.3 Å². The van der Waals surface area contributed by atoms with E-state index in [0.717, 1.165) is 19.4 Å². The summed E-state index contributed by atoms with van der Waals surface area (Å²) in [6.45, 7) is 5.34. The van der Waals surface area contributed by atoms with Crippen molar-refractivity contribution in [2.24, 2.45) is 0 Å².